The Balaban J connectivity index is 2.72. The third-order valence-electron chi connectivity index (χ3n) is 14.3. The Morgan fingerprint density at radius 1 is 0.494 bits per heavy atom. The molecular formula is C70H117NO10. The molecule has 1 aliphatic rings. The standard InChI is InChI=1S/C70H117NO10/c1-4-7-10-13-16-19-22-25-27-29-30-31-32-33-35-36-39-42-45-48-51-54-57-63(74)69(78)71-61(62(73)56-53-50-47-44-41-38-24-21-18-15-12-9-6-3)60-79-70-68(67(77)66(76)64(59-72)80-70)81-65(75)58-55-52-49-46-43-40-37-34-28-26-23-20-17-14-11-8-5-2/h7,10,16-17,19-20,25-28,30-31,33,35,37,39-40,42,53,56,61-64,66-68,70,72-74,76-77H,4-6,8-9,11-15,18,21-24,29,32,34,36,38,41,43-52,54-55,57-60H2,1-3H3,(H,71,78)/b10-7-,19-16-,20-17-,27-25-,28-26-,31-30-,35-33-,40-37-,42-39-,56-53+. The molecule has 0 saturated carbocycles. The number of amides is 1. The number of rotatable bonds is 53. The second kappa shape index (κ2) is 56.5. The van der Waals surface area contributed by atoms with Crippen LogP contribution in [-0.2, 0) is 23.8 Å². The van der Waals surface area contributed by atoms with Crippen molar-refractivity contribution in [2.45, 2.75) is 294 Å². The van der Waals surface area contributed by atoms with Crippen LogP contribution in [0.2, 0.25) is 0 Å². The molecule has 81 heavy (non-hydrogen) atoms. The molecule has 0 spiro atoms. The second-order valence-electron chi connectivity index (χ2n) is 21.8. The van der Waals surface area contributed by atoms with Crippen molar-refractivity contribution < 1.29 is 49.3 Å². The van der Waals surface area contributed by atoms with Crippen LogP contribution < -0.4 is 5.32 Å². The number of esters is 1. The molecule has 0 radical (unpaired) electrons. The summed E-state index contributed by atoms with van der Waals surface area (Å²) >= 11 is 0. The fourth-order valence-electron chi connectivity index (χ4n) is 9.25. The van der Waals surface area contributed by atoms with Crippen LogP contribution in [0.3, 0.4) is 0 Å². The second-order valence-corrected chi connectivity index (χ2v) is 21.8. The van der Waals surface area contributed by atoms with Gasteiger partial charge in [-0.25, -0.2) is 0 Å². The van der Waals surface area contributed by atoms with Crippen LogP contribution in [0.25, 0.3) is 0 Å². The van der Waals surface area contributed by atoms with Gasteiger partial charge in [0.15, 0.2) is 12.4 Å². The summed E-state index contributed by atoms with van der Waals surface area (Å²) in [5.41, 5.74) is 0. The number of unbranched alkanes of at least 4 members (excludes halogenated alkanes) is 21. The number of carbonyl (C=O) groups is 2. The number of carbonyl (C=O) groups excluding carboxylic acids is 2. The molecule has 0 bridgehead atoms. The van der Waals surface area contributed by atoms with Crippen LogP contribution in [0.15, 0.2) is 122 Å². The first kappa shape index (κ1) is 75.1. The van der Waals surface area contributed by atoms with Gasteiger partial charge in [0.25, 0.3) is 0 Å². The first-order chi connectivity index (χ1) is 39.7. The van der Waals surface area contributed by atoms with Gasteiger partial charge in [0, 0.05) is 6.42 Å². The van der Waals surface area contributed by atoms with Crippen molar-refractivity contribution in [3.8, 4) is 0 Å². The Bertz CT molecular complexity index is 1780. The molecule has 1 fully saturated rings. The lowest BCUT2D eigenvalue weighted by Gasteiger charge is -2.41. The predicted molar refractivity (Wildman–Crippen MR) is 338 cm³/mol. The molecule has 0 aromatic carbocycles. The van der Waals surface area contributed by atoms with Crippen molar-refractivity contribution in [2.24, 2.45) is 0 Å². The summed E-state index contributed by atoms with van der Waals surface area (Å²) in [6.45, 7) is 5.61. The number of aliphatic hydroxyl groups is 5. The Kier molecular flexibility index (Phi) is 52.4. The lowest BCUT2D eigenvalue weighted by Crippen LogP contribution is -2.61. The van der Waals surface area contributed by atoms with E-state index in [4.69, 9.17) is 14.2 Å². The molecule has 0 aromatic heterocycles. The summed E-state index contributed by atoms with van der Waals surface area (Å²) in [5.74, 6) is -1.25. The smallest absolute Gasteiger partial charge is 0.306 e. The highest BCUT2D eigenvalue weighted by atomic mass is 16.7. The molecular weight excluding hydrogens is 1010 g/mol. The Hall–Kier alpha value is -3.94. The van der Waals surface area contributed by atoms with Crippen molar-refractivity contribution in [2.75, 3.05) is 13.2 Å². The number of nitrogens with one attached hydrogen (secondary N) is 1. The maximum atomic E-state index is 13.4. The zero-order valence-corrected chi connectivity index (χ0v) is 51.1. The summed E-state index contributed by atoms with van der Waals surface area (Å²) in [6.07, 6.45) is 67.9. The highest BCUT2D eigenvalue weighted by Gasteiger charge is 2.47. The normalized spacial score (nSPS) is 19.5. The third kappa shape index (κ3) is 44.3. The average Bonchev–Trinajstić information content (AvgIpc) is 3.49. The van der Waals surface area contributed by atoms with Crippen LogP contribution in [0.4, 0.5) is 0 Å². The largest absolute Gasteiger partial charge is 0.454 e. The number of allylic oxidation sites excluding steroid dienone is 19. The minimum Gasteiger partial charge on any atom is -0.454 e. The SMILES string of the molecule is CC/C=C\C/C=C\C/C=C\C/C=C\C/C=C\C/C=C\CCCCCC(O)C(=O)NC(COC1OC(CO)C(O)C(O)C1OC(=O)CCCCCC/C=C\C/C=C\C/C=C\CCCCC)C(O)/C=C/CCCCCCCCCCCCC. The van der Waals surface area contributed by atoms with E-state index in [-0.39, 0.29) is 19.4 Å². The highest BCUT2D eigenvalue weighted by molar-refractivity contribution is 5.80. The van der Waals surface area contributed by atoms with Crippen molar-refractivity contribution in [3.63, 3.8) is 0 Å². The maximum Gasteiger partial charge on any atom is 0.306 e. The number of hydrogen-bond acceptors (Lipinski definition) is 10. The average molecular weight is 1130 g/mol. The van der Waals surface area contributed by atoms with Gasteiger partial charge in [-0.2, -0.15) is 0 Å². The topological polar surface area (TPSA) is 175 Å². The van der Waals surface area contributed by atoms with Crippen molar-refractivity contribution in [3.05, 3.63) is 122 Å². The zero-order valence-electron chi connectivity index (χ0n) is 51.1. The highest BCUT2D eigenvalue weighted by Crippen LogP contribution is 2.26. The number of aliphatic hydroxyl groups excluding tert-OH is 5. The maximum absolute atomic E-state index is 13.4. The monoisotopic (exact) mass is 1130 g/mol. The molecule has 8 atom stereocenters. The van der Waals surface area contributed by atoms with E-state index in [0.717, 1.165) is 128 Å². The molecule has 11 heteroatoms. The molecule has 1 aliphatic heterocycles. The molecule has 8 unspecified atom stereocenters. The lowest BCUT2D eigenvalue weighted by atomic mass is 9.99. The molecule has 1 saturated heterocycles. The van der Waals surface area contributed by atoms with E-state index in [9.17, 15) is 35.1 Å². The van der Waals surface area contributed by atoms with Crippen molar-refractivity contribution in [1.29, 1.82) is 0 Å². The van der Waals surface area contributed by atoms with Crippen LogP contribution in [0.5, 0.6) is 0 Å². The predicted octanol–water partition coefficient (Wildman–Crippen LogP) is 15.8. The van der Waals surface area contributed by atoms with Crippen molar-refractivity contribution >= 4 is 11.9 Å². The number of hydrogen-bond donors (Lipinski definition) is 6. The minimum absolute atomic E-state index is 0.0882. The number of ether oxygens (including phenoxy) is 3. The minimum atomic E-state index is -1.64. The van der Waals surface area contributed by atoms with Gasteiger partial charge in [-0.15, -0.1) is 0 Å². The summed E-state index contributed by atoms with van der Waals surface area (Å²) in [7, 11) is 0. The first-order valence-corrected chi connectivity index (χ1v) is 32.3. The van der Waals surface area contributed by atoms with Gasteiger partial charge >= 0.3 is 5.97 Å². The fraction of sp³-hybridized carbons (Fsp3) is 0.686. The quantitative estimate of drug-likeness (QED) is 0.0195. The Morgan fingerprint density at radius 3 is 1.36 bits per heavy atom. The summed E-state index contributed by atoms with van der Waals surface area (Å²) in [4.78, 5) is 26.6. The summed E-state index contributed by atoms with van der Waals surface area (Å²) in [5, 5.41) is 57.1. The molecule has 6 N–H and O–H groups in total. The van der Waals surface area contributed by atoms with Crippen LogP contribution in [0.1, 0.15) is 245 Å². The van der Waals surface area contributed by atoms with Gasteiger partial charge in [0.05, 0.1) is 25.4 Å². The molecule has 1 rings (SSSR count). The van der Waals surface area contributed by atoms with Gasteiger partial charge in [-0.3, -0.25) is 9.59 Å². The zero-order chi connectivity index (χ0) is 58.9. The van der Waals surface area contributed by atoms with E-state index >= 15 is 0 Å². The van der Waals surface area contributed by atoms with Gasteiger partial charge in [0.2, 0.25) is 5.91 Å². The lowest BCUT2D eigenvalue weighted by molar-refractivity contribution is -0.305. The summed E-state index contributed by atoms with van der Waals surface area (Å²) in [6, 6.07) is -1.05. The summed E-state index contributed by atoms with van der Waals surface area (Å²) < 4.78 is 17.6. The van der Waals surface area contributed by atoms with Gasteiger partial charge in [-0.05, 0) is 116 Å². The molecule has 0 aromatic rings. The van der Waals surface area contributed by atoms with E-state index in [1.54, 1.807) is 6.08 Å². The molecule has 11 nitrogen and oxygen atoms in total. The Labute approximate surface area is 493 Å². The molecule has 1 heterocycles. The van der Waals surface area contributed by atoms with Gasteiger partial charge in [-0.1, -0.05) is 245 Å². The van der Waals surface area contributed by atoms with E-state index in [0.29, 0.717) is 12.8 Å². The van der Waals surface area contributed by atoms with E-state index < -0.39 is 67.4 Å². The molecule has 462 valence electrons. The molecule has 0 aliphatic carbocycles. The van der Waals surface area contributed by atoms with Gasteiger partial charge < -0.3 is 45.1 Å². The Morgan fingerprint density at radius 2 is 0.889 bits per heavy atom. The first-order valence-electron chi connectivity index (χ1n) is 32.3. The van der Waals surface area contributed by atoms with Crippen LogP contribution in [0, 0.1) is 0 Å². The van der Waals surface area contributed by atoms with Crippen molar-refractivity contribution in [1.82, 2.24) is 5.32 Å². The van der Waals surface area contributed by atoms with E-state index in [2.05, 4.69) is 135 Å². The fourth-order valence-corrected chi connectivity index (χ4v) is 9.25. The van der Waals surface area contributed by atoms with Gasteiger partial charge in [0.1, 0.15) is 24.4 Å². The van der Waals surface area contributed by atoms with Crippen LogP contribution >= 0.6 is 0 Å². The third-order valence-corrected chi connectivity index (χ3v) is 14.3. The van der Waals surface area contributed by atoms with E-state index in [1.165, 1.54) is 70.6 Å². The van der Waals surface area contributed by atoms with E-state index in [1.807, 2.05) is 6.08 Å². The van der Waals surface area contributed by atoms with Crippen LogP contribution in [-0.4, -0.2) is 99.6 Å². The molecule has 1 amide bonds.